The summed E-state index contributed by atoms with van der Waals surface area (Å²) in [6, 6.07) is 6.68. The fourth-order valence-electron chi connectivity index (χ4n) is 1.90. The molecule has 2 rings (SSSR count). The van der Waals surface area contributed by atoms with Gasteiger partial charge >= 0.3 is 5.97 Å². The van der Waals surface area contributed by atoms with Gasteiger partial charge in [0.05, 0.1) is 18.5 Å². The normalized spacial score (nSPS) is 19.6. The van der Waals surface area contributed by atoms with E-state index in [0.29, 0.717) is 11.3 Å². The number of para-hydroxylation sites is 1. The molecule has 0 amide bonds. The highest BCUT2D eigenvalue weighted by atomic mass is 32.2. The molecule has 5 nitrogen and oxygen atoms in total. The molecular formula is C10H11NO4S. The van der Waals surface area contributed by atoms with Gasteiger partial charge in [-0.25, -0.2) is 8.42 Å². The molecule has 0 radical (unpaired) electrons. The van der Waals surface area contributed by atoms with E-state index in [4.69, 9.17) is 5.11 Å². The van der Waals surface area contributed by atoms with Crippen LogP contribution in [0.25, 0.3) is 0 Å². The Morgan fingerprint density at radius 1 is 1.44 bits per heavy atom. The van der Waals surface area contributed by atoms with Crippen molar-refractivity contribution in [2.75, 3.05) is 17.1 Å². The van der Waals surface area contributed by atoms with E-state index < -0.39 is 21.9 Å². The Morgan fingerprint density at radius 3 is 2.62 bits per heavy atom. The zero-order chi connectivity index (χ0) is 11.9. The number of fused-ring (bicyclic) bond motifs is 1. The lowest BCUT2D eigenvalue weighted by atomic mass is 10.0. The fraction of sp³-hybridized carbons (Fsp3) is 0.300. The van der Waals surface area contributed by atoms with Crippen LogP contribution in [0.15, 0.2) is 24.3 Å². The van der Waals surface area contributed by atoms with Gasteiger partial charge in [0.2, 0.25) is 10.0 Å². The first kappa shape index (κ1) is 10.9. The van der Waals surface area contributed by atoms with Crippen molar-refractivity contribution in [1.82, 2.24) is 0 Å². The van der Waals surface area contributed by atoms with Crippen LogP contribution >= 0.6 is 0 Å². The molecule has 1 aliphatic rings. The van der Waals surface area contributed by atoms with Crippen molar-refractivity contribution in [3.8, 4) is 0 Å². The second-order valence-electron chi connectivity index (χ2n) is 3.74. The number of hydrogen-bond acceptors (Lipinski definition) is 3. The number of sulfonamides is 1. The van der Waals surface area contributed by atoms with E-state index >= 15 is 0 Å². The highest BCUT2D eigenvalue weighted by molar-refractivity contribution is 7.92. The maximum absolute atomic E-state index is 11.5. The highest BCUT2D eigenvalue weighted by Crippen LogP contribution is 2.37. The van der Waals surface area contributed by atoms with Gasteiger partial charge < -0.3 is 5.11 Å². The summed E-state index contributed by atoms with van der Waals surface area (Å²) in [5.41, 5.74) is 1.03. The molecule has 1 unspecified atom stereocenters. The van der Waals surface area contributed by atoms with E-state index in [0.717, 1.165) is 10.6 Å². The molecule has 6 heteroatoms. The number of carboxylic acid groups (broad SMARTS) is 1. The number of nitrogens with zero attached hydrogens (tertiary/aromatic N) is 1. The maximum Gasteiger partial charge on any atom is 0.312 e. The Balaban J connectivity index is 2.56. The van der Waals surface area contributed by atoms with Gasteiger partial charge in [0, 0.05) is 0 Å². The lowest BCUT2D eigenvalue weighted by molar-refractivity contribution is -0.138. The molecule has 0 fully saturated rings. The summed E-state index contributed by atoms with van der Waals surface area (Å²) in [5.74, 6) is -1.77. The van der Waals surface area contributed by atoms with Gasteiger partial charge in [-0.2, -0.15) is 0 Å². The number of carboxylic acids is 1. The number of rotatable bonds is 2. The van der Waals surface area contributed by atoms with E-state index in [9.17, 15) is 13.2 Å². The average Bonchev–Trinajstić information content (AvgIpc) is 2.56. The minimum atomic E-state index is -3.41. The van der Waals surface area contributed by atoms with Crippen LogP contribution in [-0.4, -0.2) is 32.3 Å². The molecule has 0 bridgehead atoms. The van der Waals surface area contributed by atoms with Crippen molar-refractivity contribution in [3.63, 3.8) is 0 Å². The Labute approximate surface area is 93.4 Å². The third-order valence-electron chi connectivity index (χ3n) is 2.63. The summed E-state index contributed by atoms with van der Waals surface area (Å²) in [6.45, 7) is -0.0203. The smallest absolute Gasteiger partial charge is 0.312 e. The van der Waals surface area contributed by atoms with Crippen molar-refractivity contribution < 1.29 is 18.3 Å². The van der Waals surface area contributed by atoms with Crippen LogP contribution in [0.2, 0.25) is 0 Å². The standard InChI is InChI=1S/C10H11NO4S/c1-16(14,15)11-6-8(10(12)13)7-4-2-3-5-9(7)11/h2-5,8H,6H2,1H3,(H,12,13). The van der Waals surface area contributed by atoms with Crippen LogP contribution < -0.4 is 4.31 Å². The highest BCUT2D eigenvalue weighted by Gasteiger charge is 2.37. The van der Waals surface area contributed by atoms with E-state index in [2.05, 4.69) is 0 Å². The SMILES string of the molecule is CS(=O)(=O)N1CC(C(=O)O)c2ccccc21. The van der Waals surface area contributed by atoms with Gasteiger partial charge in [-0.1, -0.05) is 18.2 Å². The Morgan fingerprint density at radius 2 is 2.06 bits per heavy atom. The minimum absolute atomic E-state index is 0.0203. The lowest BCUT2D eigenvalue weighted by Crippen LogP contribution is -2.30. The topological polar surface area (TPSA) is 74.7 Å². The van der Waals surface area contributed by atoms with Gasteiger partial charge in [-0.3, -0.25) is 9.10 Å². The summed E-state index contributed by atoms with van der Waals surface area (Å²) in [6.07, 6.45) is 1.08. The molecule has 1 N–H and O–H groups in total. The zero-order valence-electron chi connectivity index (χ0n) is 8.62. The molecule has 1 atom stereocenters. The van der Waals surface area contributed by atoms with E-state index in [1.54, 1.807) is 24.3 Å². The van der Waals surface area contributed by atoms with Crippen molar-refractivity contribution >= 4 is 21.7 Å². The lowest BCUT2D eigenvalue weighted by Gasteiger charge is -2.16. The Hall–Kier alpha value is -1.56. The van der Waals surface area contributed by atoms with Crippen LogP contribution in [0.1, 0.15) is 11.5 Å². The van der Waals surface area contributed by atoms with Crippen LogP contribution in [0.3, 0.4) is 0 Å². The third-order valence-corrected chi connectivity index (χ3v) is 3.77. The molecule has 1 aromatic carbocycles. The molecule has 0 saturated heterocycles. The Kier molecular flexibility index (Phi) is 2.38. The van der Waals surface area contributed by atoms with Crippen molar-refractivity contribution in [1.29, 1.82) is 0 Å². The number of anilines is 1. The van der Waals surface area contributed by atoms with Crippen molar-refractivity contribution in [3.05, 3.63) is 29.8 Å². The van der Waals surface area contributed by atoms with Crippen LogP contribution in [0.4, 0.5) is 5.69 Å². The zero-order valence-corrected chi connectivity index (χ0v) is 9.44. The molecule has 0 aromatic heterocycles. The molecule has 0 saturated carbocycles. The second-order valence-corrected chi connectivity index (χ2v) is 5.65. The van der Waals surface area contributed by atoms with E-state index in [-0.39, 0.29) is 6.54 Å². The third kappa shape index (κ3) is 1.65. The van der Waals surface area contributed by atoms with Crippen LogP contribution in [-0.2, 0) is 14.8 Å². The summed E-state index contributed by atoms with van der Waals surface area (Å²) >= 11 is 0. The number of benzene rings is 1. The van der Waals surface area contributed by atoms with Gasteiger partial charge in [-0.05, 0) is 11.6 Å². The summed E-state index contributed by atoms with van der Waals surface area (Å²) in [7, 11) is -3.41. The summed E-state index contributed by atoms with van der Waals surface area (Å²) in [4.78, 5) is 11.0. The van der Waals surface area contributed by atoms with Gasteiger partial charge in [0.1, 0.15) is 5.92 Å². The van der Waals surface area contributed by atoms with Gasteiger partial charge in [0.15, 0.2) is 0 Å². The van der Waals surface area contributed by atoms with E-state index in [1.807, 2.05) is 0 Å². The molecular weight excluding hydrogens is 230 g/mol. The predicted molar refractivity (Wildman–Crippen MR) is 59.0 cm³/mol. The maximum atomic E-state index is 11.5. The quantitative estimate of drug-likeness (QED) is 0.824. The minimum Gasteiger partial charge on any atom is -0.481 e. The number of carbonyl (C=O) groups is 1. The predicted octanol–water partition coefficient (Wildman–Crippen LogP) is 0.634. The molecule has 0 spiro atoms. The fourth-order valence-corrected chi connectivity index (χ4v) is 2.84. The Bertz CT molecular complexity index is 538. The summed E-state index contributed by atoms with van der Waals surface area (Å²) in [5, 5.41) is 9.02. The average molecular weight is 241 g/mol. The monoisotopic (exact) mass is 241 g/mol. The largest absolute Gasteiger partial charge is 0.481 e. The van der Waals surface area contributed by atoms with Crippen molar-refractivity contribution in [2.24, 2.45) is 0 Å². The first-order chi connectivity index (χ1) is 7.41. The van der Waals surface area contributed by atoms with Crippen molar-refractivity contribution in [2.45, 2.75) is 5.92 Å². The first-order valence-electron chi connectivity index (χ1n) is 4.70. The number of aliphatic carboxylic acids is 1. The first-order valence-corrected chi connectivity index (χ1v) is 6.55. The molecule has 0 aliphatic carbocycles. The van der Waals surface area contributed by atoms with Crippen LogP contribution in [0, 0.1) is 0 Å². The second kappa shape index (κ2) is 3.48. The molecule has 1 aromatic rings. The van der Waals surface area contributed by atoms with Crippen LogP contribution in [0.5, 0.6) is 0 Å². The molecule has 1 aliphatic heterocycles. The molecule has 1 heterocycles. The number of hydrogen-bond donors (Lipinski definition) is 1. The summed E-state index contributed by atoms with van der Waals surface area (Å²) < 4.78 is 24.1. The van der Waals surface area contributed by atoms with E-state index in [1.165, 1.54) is 0 Å². The van der Waals surface area contributed by atoms with Gasteiger partial charge in [-0.15, -0.1) is 0 Å². The molecule has 16 heavy (non-hydrogen) atoms. The molecule has 86 valence electrons. The van der Waals surface area contributed by atoms with Gasteiger partial charge in [0.25, 0.3) is 0 Å².